The van der Waals surface area contributed by atoms with Crippen molar-refractivity contribution in [3.63, 3.8) is 0 Å². The van der Waals surface area contributed by atoms with Crippen LogP contribution in [0.15, 0.2) is 34.0 Å². The van der Waals surface area contributed by atoms with Crippen LogP contribution in [0.4, 0.5) is 16.0 Å². The van der Waals surface area contributed by atoms with Crippen LogP contribution in [0.2, 0.25) is 0 Å². The average Bonchev–Trinajstić information content (AvgIpc) is 3.32. The summed E-state index contributed by atoms with van der Waals surface area (Å²) in [5.41, 5.74) is 1.87. The Bertz CT molecular complexity index is 910. The van der Waals surface area contributed by atoms with E-state index in [4.69, 9.17) is 4.74 Å². The lowest BCUT2D eigenvalue weighted by molar-refractivity contribution is -0.116. The number of aromatic nitrogens is 3. The summed E-state index contributed by atoms with van der Waals surface area (Å²) in [6, 6.07) is 7.74. The second-order valence-corrected chi connectivity index (χ2v) is 8.67. The molecule has 1 aromatic carbocycles. The molecule has 0 aliphatic rings. The third-order valence-corrected chi connectivity index (χ3v) is 6.55. The van der Waals surface area contributed by atoms with E-state index in [0.717, 1.165) is 31.7 Å². The van der Waals surface area contributed by atoms with Gasteiger partial charge in [0.2, 0.25) is 11.0 Å². The van der Waals surface area contributed by atoms with Crippen LogP contribution in [0.1, 0.15) is 26.5 Å². The number of carbonyl (C=O) groups excluding carboxylic acids is 1. The molecular weight excluding hydrogens is 414 g/mol. The zero-order valence-electron chi connectivity index (χ0n) is 15.8. The summed E-state index contributed by atoms with van der Waals surface area (Å²) >= 11 is 4.56. The van der Waals surface area contributed by atoms with Crippen LogP contribution in [-0.2, 0) is 10.5 Å². The van der Waals surface area contributed by atoms with Gasteiger partial charge < -0.3 is 10.1 Å². The van der Waals surface area contributed by atoms with Crippen molar-refractivity contribution in [2.45, 2.75) is 30.9 Å². The van der Waals surface area contributed by atoms with E-state index in [1.165, 1.54) is 22.7 Å². The van der Waals surface area contributed by atoms with Gasteiger partial charge in [-0.3, -0.25) is 9.69 Å². The highest BCUT2D eigenvalue weighted by atomic mass is 32.2. The van der Waals surface area contributed by atoms with Crippen molar-refractivity contribution < 1.29 is 9.53 Å². The van der Waals surface area contributed by atoms with Crippen molar-refractivity contribution in [2.75, 3.05) is 23.4 Å². The van der Waals surface area contributed by atoms with Gasteiger partial charge in [0.05, 0.1) is 12.3 Å². The van der Waals surface area contributed by atoms with Crippen molar-refractivity contribution >= 4 is 56.3 Å². The molecule has 0 radical (unpaired) electrons. The van der Waals surface area contributed by atoms with Crippen LogP contribution in [0.25, 0.3) is 0 Å². The number of anilines is 3. The molecule has 0 unspecified atom stereocenters. The van der Waals surface area contributed by atoms with Crippen molar-refractivity contribution in [2.24, 2.45) is 0 Å². The van der Waals surface area contributed by atoms with E-state index in [1.54, 1.807) is 23.6 Å². The number of ether oxygens (including phenoxy) is 1. The van der Waals surface area contributed by atoms with Crippen molar-refractivity contribution in [1.82, 2.24) is 15.2 Å². The molecule has 0 saturated carbocycles. The van der Waals surface area contributed by atoms with Crippen LogP contribution in [0, 0.1) is 0 Å². The number of rotatable bonds is 9. The molecule has 3 rings (SSSR count). The van der Waals surface area contributed by atoms with E-state index in [1.807, 2.05) is 43.5 Å². The van der Waals surface area contributed by atoms with Crippen LogP contribution in [-0.4, -0.2) is 34.2 Å². The van der Waals surface area contributed by atoms with E-state index in [2.05, 4.69) is 20.5 Å². The second-order valence-electron chi connectivity index (χ2n) is 5.63. The molecule has 1 amide bonds. The summed E-state index contributed by atoms with van der Waals surface area (Å²) in [6.45, 7) is 6.72. The van der Waals surface area contributed by atoms with E-state index < -0.39 is 0 Å². The van der Waals surface area contributed by atoms with Gasteiger partial charge in [-0.1, -0.05) is 23.1 Å². The number of nitrogens with one attached hydrogen (secondary N) is 1. The smallest absolute Gasteiger partial charge is 0.225 e. The van der Waals surface area contributed by atoms with Gasteiger partial charge in [-0.15, -0.1) is 21.5 Å². The fraction of sp³-hybridized carbons (Fsp3) is 0.333. The molecule has 0 spiro atoms. The number of thioether (sulfide) groups is 1. The van der Waals surface area contributed by atoms with Gasteiger partial charge in [-0.05, 0) is 38.1 Å². The molecule has 1 N–H and O–H groups in total. The zero-order chi connectivity index (χ0) is 19.9. The summed E-state index contributed by atoms with van der Waals surface area (Å²) in [5, 5.41) is 15.1. The Hall–Kier alpha value is -2.17. The van der Waals surface area contributed by atoms with Gasteiger partial charge >= 0.3 is 0 Å². The first-order valence-electron chi connectivity index (χ1n) is 8.77. The van der Waals surface area contributed by atoms with E-state index in [9.17, 15) is 4.79 Å². The maximum absolute atomic E-state index is 11.6. The summed E-state index contributed by atoms with van der Waals surface area (Å²) in [4.78, 5) is 17.8. The van der Waals surface area contributed by atoms with Crippen molar-refractivity contribution in [1.29, 1.82) is 0 Å². The third kappa shape index (κ3) is 5.43. The van der Waals surface area contributed by atoms with Crippen molar-refractivity contribution in [3.05, 3.63) is 35.3 Å². The van der Waals surface area contributed by atoms with Gasteiger partial charge in [0.1, 0.15) is 5.75 Å². The molecule has 3 aromatic rings. The Morgan fingerprint density at radius 3 is 2.71 bits per heavy atom. The minimum absolute atomic E-state index is 0.00480. The first-order valence-corrected chi connectivity index (χ1v) is 11.5. The van der Waals surface area contributed by atoms with Gasteiger partial charge in [0.25, 0.3) is 0 Å². The fourth-order valence-electron chi connectivity index (χ4n) is 2.36. The third-order valence-electron chi connectivity index (χ3n) is 3.63. The molecule has 28 heavy (non-hydrogen) atoms. The summed E-state index contributed by atoms with van der Waals surface area (Å²) < 4.78 is 6.31. The van der Waals surface area contributed by atoms with Gasteiger partial charge in [0, 0.05) is 30.3 Å². The number of thiazole rings is 1. The Kier molecular flexibility index (Phi) is 7.24. The normalized spacial score (nSPS) is 10.7. The van der Waals surface area contributed by atoms with Crippen LogP contribution < -0.4 is 15.0 Å². The summed E-state index contributed by atoms with van der Waals surface area (Å²) in [5.74, 6) is 1.53. The quantitative estimate of drug-likeness (QED) is 0.483. The first-order chi connectivity index (χ1) is 13.6. The fourth-order valence-corrected chi connectivity index (χ4v) is 5.06. The predicted molar refractivity (Wildman–Crippen MR) is 116 cm³/mol. The molecule has 0 aliphatic carbocycles. The molecular formula is C18H21N5O2S3. The average molecular weight is 436 g/mol. The predicted octanol–water partition coefficient (Wildman–Crippen LogP) is 4.80. The lowest BCUT2D eigenvalue weighted by atomic mass is 10.3. The zero-order valence-corrected chi connectivity index (χ0v) is 18.3. The standard InChI is InChI=1S/C18H21N5O2S3/c1-4-23(12(3)24)17-20-14(10-26-17)11-27-18-22-21-16(28-18)19-13-6-8-15(9-7-13)25-5-2/h6-10H,4-5,11H2,1-3H3,(H,19,21). The molecule has 0 fully saturated rings. The minimum atomic E-state index is 0.00480. The van der Waals surface area contributed by atoms with Gasteiger partial charge in [0.15, 0.2) is 9.47 Å². The highest BCUT2D eigenvalue weighted by Crippen LogP contribution is 2.31. The summed E-state index contributed by atoms with van der Waals surface area (Å²) in [6.07, 6.45) is 0. The summed E-state index contributed by atoms with van der Waals surface area (Å²) in [7, 11) is 0. The highest BCUT2D eigenvalue weighted by molar-refractivity contribution is 8.00. The largest absolute Gasteiger partial charge is 0.494 e. The number of carbonyl (C=O) groups is 1. The number of nitrogens with zero attached hydrogens (tertiary/aromatic N) is 4. The monoisotopic (exact) mass is 435 g/mol. The molecule has 7 nitrogen and oxygen atoms in total. The lowest BCUT2D eigenvalue weighted by Crippen LogP contribution is -2.27. The van der Waals surface area contributed by atoms with Crippen LogP contribution >= 0.6 is 34.4 Å². The van der Waals surface area contributed by atoms with E-state index in [-0.39, 0.29) is 5.91 Å². The maximum atomic E-state index is 11.6. The van der Waals surface area contributed by atoms with Crippen molar-refractivity contribution in [3.8, 4) is 5.75 Å². The number of amides is 1. The number of hydrogen-bond acceptors (Lipinski definition) is 9. The topological polar surface area (TPSA) is 80.2 Å². The maximum Gasteiger partial charge on any atom is 0.225 e. The molecule has 2 heterocycles. The highest BCUT2D eigenvalue weighted by Gasteiger charge is 2.14. The van der Waals surface area contributed by atoms with Gasteiger partial charge in [-0.25, -0.2) is 4.98 Å². The molecule has 0 bridgehead atoms. The molecule has 0 aliphatic heterocycles. The molecule has 0 saturated heterocycles. The molecule has 148 valence electrons. The number of hydrogen-bond donors (Lipinski definition) is 1. The second kappa shape index (κ2) is 9.85. The van der Waals surface area contributed by atoms with E-state index >= 15 is 0 Å². The molecule has 10 heteroatoms. The first kappa shape index (κ1) is 20.6. The van der Waals surface area contributed by atoms with Gasteiger partial charge in [-0.2, -0.15) is 0 Å². The molecule has 0 atom stereocenters. The lowest BCUT2D eigenvalue weighted by Gasteiger charge is -2.14. The molecule has 2 aromatic heterocycles. The Morgan fingerprint density at radius 1 is 1.25 bits per heavy atom. The van der Waals surface area contributed by atoms with Crippen LogP contribution in [0.5, 0.6) is 5.75 Å². The van der Waals surface area contributed by atoms with E-state index in [0.29, 0.717) is 18.9 Å². The SMILES string of the molecule is CCOc1ccc(Nc2nnc(SCc3csc(N(CC)C(C)=O)n3)s2)cc1. The minimum Gasteiger partial charge on any atom is -0.494 e. The number of benzene rings is 1. The van der Waals surface area contributed by atoms with Crippen LogP contribution in [0.3, 0.4) is 0 Å². The Balaban J connectivity index is 1.55. The Morgan fingerprint density at radius 2 is 2.04 bits per heavy atom. The Labute approximate surface area is 176 Å².